The summed E-state index contributed by atoms with van der Waals surface area (Å²) in [5, 5.41) is 13.9. The quantitative estimate of drug-likeness (QED) is 0.704. The largest absolute Gasteiger partial charge is 0.507 e. The van der Waals surface area contributed by atoms with Crippen molar-refractivity contribution in [2.45, 2.75) is 97.3 Å². The summed E-state index contributed by atoms with van der Waals surface area (Å²) in [5.74, 6) is 1.21. The molecule has 1 aliphatic rings. The highest BCUT2D eigenvalue weighted by atomic mass is 16.3. The summed E-state index contributed by atoms with van der Waals surface area (Å²) in [7, 11) is 0. The molecule has 0 aromatic heterocycles. The van der Waals surface area contributed by atoms with Gasteiger partial charge in [-0.3, -0.25) is 4.79 Å². The van der Waals surface area contributed by atoms with E-state index in [4.69, 9.17) is 0 Å². The number of hydrogen-bond acceptors (Lipinski definition) is 2. The van der Waals surface area contributed by atoms with Crippen molar-refractivity contribution >= 4 is 5.91 Å². The van der Waals surface area contributed by atoms with E-state index in [0.29, 0.717) is 24.5 Å². The molecule has 1 aromatic rings. The van der Waals surface area contributed by atoms with Gasteiger partial charge in [0, 0.05) is 13.0 Å². The predicted octanol–water partition coefficient (Wildman–Crippen LogP) is 5.62. The van der Waals surface area contributed by atoms with Crippen molar-refractivity contribution in [2.24, 2.45) is 5.92 Å². The monoisotopic (exact) mass is 373 g/mol. The van der Waals surface area contributed by atoms with E-state index in [1.807, 2.05) is 0 Å². The topological polar surface area (TPSA) is 49.3 Å². The molecule has 1 saturated carbocycles. The number of phenols is 1. The van der Waals surface area contributed by atoms with Crippen molar-refractivity contribution in [1.82, 2.24) is 5.32 Å². The fourth-order valence-electron chi connectivity index (χ4n) is 3.98. The van der Waals surface area contributed by atoms with E-state index in [2.05, 4.69) is 59.0 Å². The molecule has 0 spiro atoms. The molecular weight excluding hydrogens is 334 g/mol. The first kappa shape index (κ1) is 21.8. The molecule has 0 bridgehead atoms. The van der Waals surface area contributed by atoms with Crippen LogP contribution < -0.4 is 5.32 Å². The number of aromatic hydroxyl groups is 1. The summed E-state index contributed by atoms with van der Waals surface area (Å²) >= 11 is 0. The molecule has 1 aromatic carbocycles. The predicted molar refractivity (Wildman–Crippen MR) is 113 cm³/mol. The van der Waals surface area contributed by atoms with Crippen molar-refractivity contribution in [3.05, 3.63) is 28.8 Å². The zero-order valence-electron chi connectivity index (χ0n) is 18.2. The molecule has 0 atom stereocenters. The van der Waals surface area contributed by atoms with Crippen LogP contribution in [0.5, 0.6) is 5.75 Å². The molecule has 1 amide bonds. The van der Waals surface area contributed by atoms with Gasteiger partial charge in [0.1, 0.15) is 5.75 Å². The van der Waals surface area contributed by atoms with E-state index >= 15 is 0 Å². The van der Waals surface area contributed by atoms with E-state index in [-0.39, 0.29) is 16.7 Å². The van der Waals surface area contributed by atoms with E-state index in [1.165, 1.54) is 32.1 Å². The second-order valence-electron chi connectivity index (χ2n) is 10.3. The zero-order valence-corrected chi connectivity index (χ0v) is 18.2. The van der Waals surface area contributed by atoms with Crippen LogP contribution in [-0.4, -0.2) is 17.6 Å². The van der Waals surface area contributed by atoms with Crippen LogP contribution in [0.15, 0.2) is 12.1 Å². The molecule has 2 rings (SSSR count). The highest BCUT2D eigenvalue weighted by Gasteiger charge is 2.26. The van der Waals surface area contributed by atoms with Gasteiger partial charge in [-0.2, -0.15) is 0 Å². The lowest BCUT2D eigenvalue weighted by Gasteiger charge is -2.28. The van der Waals surface area contributed by atoms with Gasteiger partial charge in [-0.25, -0.2) is 0 Å². The first-order valence-electron chi connectivity index (χ1n) is 10.6. The van der Waals surface area contributed by atoms with E-state index < -0.39 is 0 Å². The number of rotatable bonds is 5. The van der Waals surface area contributed by atoms with Crippen LogP contribution in [0.3, 0.4) is 0 Å². The maximum absolute atomic E-state index is 12.3. The number of carbonyl (C=O) groups excluding carboxylic acids is 1. The Kier molecular flexibility index (Phi) is 6.99. The third kappa shape index (κ3) is 6.26. The molecule has 152 valence electrons. The summed E-state index contributed by atoms with van der Waals surface area (Å²) < 4.78 is 0. The number of phenolic OH excluding ortho intramolecular Hbond substituents is 1. The number of hydrogen-bond donors (Lipinski definition) is 2. The number of benzene rings is 1. The van der Waals surface area contributed by atoms with Gasteiger partial charge in [0.05, 0.1) is 0 Å². The highest BCUT2D eigenvalue weighted by Crippen LogP contribution is 2.40. The molecule has 3 nitrogen and oxygen atoms in total. The zero-order chi connectivity index (χ0) is 20.2. The number of amides is 1. The Bertz CT molecular complexity index is 608. The van der Waals surface area contributed by atoms with E-state index in [1.54, 1.807) is 0 Å². The van der Waals surface area contributed by atoms with Gasteiger partial charge in [-0.1, -0.05) is 72.9 Å². The van der Waals surface area contributed by atoms with Gasteiger partial charge in [0.2, 0.25) is 5.91 Å². The lowest BCUT2D eigenvalue weighted by molar-refractivity contribution is -0.121. The first-order valence-corrected chi connectivity index (χ1v) is 10.6. The van der Waals surface area contributed by atoms with Gasteiger partial charge >= 0.3 is 0 Å². The highest BCUT2D eigenvalue weighted by molar-refractivity contribution is 5.76. The van der Waals surface area contributed by atoms with Crippen LogP contribution in [0, 0.1) is 5.92 Å². The van der Waals surface area contributed by atoms with Crippen LogP contribution >= 0.6 is 0 Å². The minimum absolute atomic E-state index is 0.136. The maximum atomic E-state index is 12.3. The Morgan fingerprint density at radius 2 is 1.52 bits per heavy atom. The van der Waals surface area contributed by atoms with Crippen molar-refractivity contribution < 1.29 is 9.90 Å². The Hall–Kier alpha value is -1.51. The molecular formula is C24H39NO2. The van der Waals surface area contributed by atoms with Crippen LogP contribution in [0.25, 0.3) is 0 Å². The van der Waals surface area contributed by atoms with Gasteiger partial charge < -0.3 is 10.4 Å². The third-order valence-corrected chi connectivity index (χ3v) is 5.74. The minimum Gasteiger partial charge on any atom is -0.507 e. The summed E-state index contributed by atoms with van der Waals surface area (Å²) in [6.45, 7) is 13.5. The van der Waals surface area contributed by atoms with Gasteiger partial charge in [0.15, 0.2) is 0 Å². The molecule has 1 aliphatic carbocycles. The fraction of sp³-hybridized carbons (Fsp3) is 0.708. The Balaban J connectivity index is 2.05. The molecule has 0 aliphatic heterocycles. The summed E-state index contributed by atoms with van der Waals surface area (Å²) in [5.41, 5.74) is 2.79. The number of carbonyl (C=O) groups is 1. The van der Waals surface area contributed by atoms with E-state index in [0.717, 1.165) is 23.2 Å². The summed E-state index contributed by atoms with van der Waals surface area (Å²) in [6.07, 6.45) is 7.67. The molecule has 3 heteroatoms. The van der Waals surface area contributed by atoms with Crippen molar-refractivity contribution in [3.63, 3.8) is 0 Å². The Morgan fingerprint density at radius 3 is 2.00 bits per heavy atom. The van der Waals surface area contributed by atoms with Crippen LogP contribution in [0.4, 0.5) is 0 Å². The number of aryl methyl sites for hydroxylation is 1. The van der Waals surface area contributed by atoms with Gasteiger partial charge in [-0.15, -0.1) is 0 Å². The summed E-state index contributed by atoms with van der Waals surface area (Å²) in [6, 6.07) is 4.16. The molecule has 0 saturated heterocycles. The average molecular weight is 374 g/mol. The second-order valence-corrected chi connectivity index (χ2v) is 10.3. The molecule has 0 heterocycles. The normalized spacial score (nSPS) is 16.4. The number of nitrogens with one attached hydrogen (secondary N) is 1. The Morgan fingerprint density at radius 1 is 1.00 bits per heavy atom. The molecule has 2 N–H and O–H groups in total. The molecule has 27 heavy (non-hydrogen) atoms. The third-order valence-electron chi connectivity index (χ3n) is 5.74. The van der Waals surface area contributed by atoms with Crippen LogP contribution in [0.2, 0.25) is 0 Å². The van der Waals surface area contributed by atoms with Crippen LogP contribution in [0.1, 0.15) is 96.8 Å². The smallest absolute Gasteiger partial charge is 0.220 e. The van der Waals surface area contributed by atoms with Gasteiger partial charge in [0.25, 0.3) is 0 Å². The first-order chi connectivity index (χ1) is 12.5. The van der Waals surface area contributed by atoms with Crippen molar-refractivity contribution in [2.75, 3.05) is 6.54 Å². The second kappa shape index (κ2) is 8.67. The van der Waals surface area contributed by atoms with E-state index in [9.17, 15) is 9.90 Å². The minimum atomic E-state index is -0.136. The Labute approximate surface area is 166 Å². The van der Waals surface area contributed by atoms with Gasteiger partial charge in [-0.05, 0) is 52.7 Å². The SMILES string of the molecule is CC(C)(C)c1cc(CCC(=O)NCC2CCCCC2)cc(C(C)(C)C)c1O. The molecule has 0 radical (unpaired) electrons. The fourth-order valence-corrected chi connectivity index (χ4v) is 3.98. The lowest BCUT2D eigenvalue weighted by atomic mass is 9.78. The maximum Gasteiger partial charge on any atom is 0.220 e. The van der Waals surface area contributed by atoms with Crippen LogP contribution in [-0.2, 0) is 22.0 Å². The molecule has 1 fully saturated rings. The lowest BCUT2D eigenvalue weighted by Crippen LogP contribution is -2.30. The average Bonchev–Trinajstić information content (AvgIpc) is 2.58. The van der Waals surface area contributed by atoms with Crippen molar-refractivity contribution in [1.29, 1.82) is 0 Å². The standard InChI is InChI=1S/C24H39NO2/c1-23(2,3)19-14-18(15-20(22(19)27)24(4,5)6)12-13-21(26)25-16-17-10-8-7-9-11-17/h14-15,17,27H,7-13,16H2,1-6H3,(H,25,26). The molecule has 0 unspecified atom stereocenters. The summed E-state index contributed by atoms with van der Waals surface area (Å²) in [4.78, 5) is 12.3. The van der Waals surface area contributed by atoms with Crippen molar-refractivity contribution in [3.8, 4) is 5.75 Å².